The van der Waals surface area contributed by atoms with Crippen molar-refractivity contribution in [1.82, 2.24) is 9.55 Å². The second-order valence-electron chi connectivity index (χ2n) is 7.89. The van der Waals surface area contributed by atoms with Gasteiger partial charge >= 0.3 is 5.97 Å². The number of carbonyl (C=O) groups excluding carboxylic acids is 2. The summed E-state index contributed by atoms with van der Waals surface area (Å²) in [5, 5.41) is 20.0. The molecular formula is C24H27N3O5. The number of rotatable bonds is 7. The van der Waals surface area contributed by atoms with Gasteiger partial charge in [-0.05, 0) is 43.2 Å². The minimum atomic E-state index is -1.15. The van der Waals surface area contributed by atoms with Gasteiger partial charge in [-0.2, -0.15) is 0 Å². The number of hydrogen-bond donors (Lipinski definition) is 2. The highest BCUT2D eigenvalue weighted by molar-refractivity contribution is 6.08. The van der Waals surface area contributed by atoms with Crippen LogP contribution in [-0.4, -0.2) is 44.8 Å². The van der Waals surface area contributed by atoms with Crippen LogP contribution in [0.5, 0.6) is 11.5 Å². The first-order chi connectivity index (χ1) is 15.5. The summed E-state index contributed by atoms with van der Waals surface area (Å²) in [6.45, 7) is 4.37. The summed E-state index contributed by atoms with van der Waals surface area (Å²) in [5.41, 5.74) is 1.97. The number of nitrogens with zero attached hydrogens (tertiary/aromatic N) is 3. The van der Waals surface area contributed by atoms with Gasteiger partial charge < -0.3 is 19.5 Å². The molecule has 1 aliphatic rings. The first kappa shape index (κ1) is 21.7. The van der Waals surface area contributed by atoms with Crippen LogP contribution in [0.2, 0.25) is 0 Å². The number of amides is 1. The van der Waals surface area contributed by atoms with Crippen molar-refractivity contribution in [1.29, 1.82) is 0 Å². The Bertz CT molecular complexity index is 1160. The smallest absolute Gasteiger partial charge is 0.321 e. The van der Waals surface area contributed by atoms with Gasteiger partial charge in [0.25, 0.3) is 0 Å². The molecular weight excluding hydrogens is 410 g/mol. The minimum Gasteiger partial charge on any atom is -0.504 e. The van der Waals surface area contributed by atoms with Crippen molar-refractivity contribution in [3.63, 3.8) is 0 Å². The zero-order valence-corrected chi connectivity index (χ0v) is 18.2. The van der Waals surface area contributed by atoms with E-state index in [0.717, 1.165) is 24.8 Å². The van der Waals surface area contributed by atoms with Crippen LogP contribution in [0.3, 0.4) is 0 Å². The monoisotopic (exact) mass is 437 g/mol. The summed E-state index contributed by atoms with van der Waals surface area (Å²) < 4.78 is 7.17. The van der Waals surface area contributed by atoms with Crippen LogP contribution in [0, 0.1) is 5.92 Å². The number of benzene rings is 2. The highest BCUT2D eigenvalue weighted by Gasteiger charge is 2.47. The zero-order chi connectivity index (χ0) is 22.8. The Morgan fingerprint density at radius 2 is 1.88 bits per heavy atom. The number of hydrogen-bond acceptors (Lipinski definition) is 6. The van der Waals surface area contributed by atoms with E-state index in [2.05, 4.69) is 6.92 Å². The van der Waals surface area contributed by atoms with Crippen LogP contribution in [0.4, 0.5) is 5.95 Å². The van der Waals surface area contributed by atoms with Crippen LogP contribution in [-0.2, 0) is 14.3 Å². The maximum Gasteiger partial charge on any atom is 0.321 e. The molecule has 168 valence electrons. The van der Waals surface area contributed by atoms with Gasteiger partial charge in [0.1, 0.15) is 0 Å². The fourth-order valence-electron chi connectivity index (χ4n) is 4.30. The number of imidazole rings is 1. The number of aromatic hydroxyl groups is 2. The lowest BCUT2D eigenvalue weighted by Gasteiger charge is -2.38. The number of esters is 1. The summed E-state index contributed by atoms with van der Waals surface area (Å²) in [6.07, 6.45) is 2.73. The number of aromatic nitrogens is 2. The number of para-hydroxylation sites is 2. The second kappa shape index (κ2) is 8.90. The van der Waals surface area contributed by atoms with E-state index in [4.69, 9.17) is 9.72 Å². The quantitative estimate of drug-likeness (QED) is 0.252. The van der Waals surface area contributed by atoms with Gasteiger partial charge in [-0.1, -0.05) is 38.0 Å². The molecule has 3 aromatic rings. The van der Waals surface area contributed by atoms with Crippen molar-refractivity contribution in [3.8, 4) is 11.5 Å². The van der Waals surface area contributed by atoms with E-state index < -0.39 is 17.9 Å². The number of fused-ring (bicyclic) bond motifs is 3. The van der Waals surface area contributed by atoms with Crippen LogP contribution in [0.15, 0.2) is 42.5 Å². The second-order valence-corrected chi connectivity index (χ2v) is 7.89. The van der Waals surface area contributed by atoms with E-state index in [1.165, 1.54) is 12.1 Å². The lowest BCUT2D eigenvalue weighted by Crippen LogP contribution is -2.50. The topological polar surface area (TPSA) is 105 Å². The van der Waals surface area contributed by atoms with Crippen molar-refractivity contribution < 1.29 is 24.5 Å². The Balaban J connectivity index is 1.95. The minimum absolute atomic E-state index is 0.142. The van der Waals surface area contributed by atoms with Crippen LogP contribution >= 0.6 is 0 Å². The third kappa shape index (κ3) is 3.66. The third-order valence-electron chi connectivity index (χ3n) is 5.81. The van der Waals surface area contributed by atoms with Gasteiger partial charge in [0, 0.05) is 6.54 Å². The van der Waals surface area contributed by atoms with Gasteiger partial charge in [0.05, 0.1) is 23.7 Å². The maximum absolute atomic E-state index is 13.7. The van der Waals surface area contributed by atoms with Gasteiger partial charge in [-0.15, -0.1) is 0 Å². The molecule has 8 heteroatoms. The summed E-state index contributed by atoms with van der Waals surface area (Å²) in [6, 6.07) is 11.0. The van der Waals surface area contributed by atoms with E-state index in [0.29, 0.717) is 23.6 Å². The predicted molar refractivity (Wildman–Crippen MR) is 120 cm³/mol. The molecule has 0 saturated heterocycles. The molecule has 1 aromatic heterocycles. The van der Waals surface area contributed by atoms with E-state index in [1.807, 2.05) is 28.8 Å². The highest BCUT2D eigenvalue weighted by Crippen LogP contribution is 2.42. The van der Waals surface area contributed by atoms with Crippen molar-refractivity contribution >= 4 is 28.9 Å². The molecule has 2 atom stereocenters. The first-order valence-electron chi connectivity index (χ1n) is 10.9. The Hall–Kier alpha value is -3.55. The van der Waals surface area contributed by atoms with Crippen LogP contribution in [0.25, 0.3) is 11.0 Å². The average Bonchev–Trinajstić information content (AvgIpc) is 3.16. The molecule has 0 aliphatic carbocycles. The molecule has 1 amide bonds. The zero-order valence-electron chi connectivity index (χ0n) is 18.2. The van der Waals surface area contributed by atoms with Crippen molar-refractivity contribution in [2.75, 3.05) is 18.1 Å². The van der Waals surface area contributed by atoms with E-state index in [1.54, 1.807) is 17.9 Å². The SMILES string of the molecule is CCCCCN1C(=O)[C@@H](C(=O)OCC)[C@H](c2ccc(O)c(O)c2)n2c1nc1ccccc12. The summed E-state index contributed by atoms with van der Waals surface area (Å²) >= 11 is 0. The summed E-state index contributed by atoms with van der Waals surface area (Å²) in [7, 11) is 0. The fourth-order valence-corrected chi connectivity index (χ4v) is 4.30. The predicted octanol–water partition coefficient (Wildman–Crippen LogP) is 3.75. The summed E-state index contributed by atoms with van der Waals surface area (Å²) in [5.74, 6) is -2.29. The largest absolute Gasteiger partial charge is 0.504 e. The van der Waals surface area contributed by atoms with Gasteiger partial charge in [0.2, 0.25) is 11.9 Å². The van der Waals surface area contributed by atoms with Crippen LogP contribution < -0.4 is 4.90 Å². The number of phenolic OH excluding ortho intramolecular Hbond substituents is 2. The molecule has 2 N–H and O–H groups in total. The number of ether oxygens (including phenoxy) is 1. The van der Waals surface area contributed by atoms with Gasteiger partial charge in [-0.3, -0.25) is 14.5 Å². The van der Waals surface area contributed by atoms with E-state index in [-0.39, 0.29) is 24.0 Å². The molecule has 0 unspecified atom stereocenters. The number of unbranched alkanes of at least 4 members (excludes halogenated alkanes) is 2. The Morgan fingerprint density at radius 3 is 2.59 bits per heavy atom. The molecule has 0 saturated carbocycles. The lowest BCUT2D eigenvalue weighted by atomic mass is 9.89. The number of anilines is 1. The normalized spacial score (nSPS) is 18.1. The number of carbonyl (C=O) groups is 2. The summed E-state index contributed by atoms with van der Waals surface area (Å²) in [4.78, 5) is 33.0. The Labute approximate surface area is 186 Å². The van der Waals surface area contributed by atoms with Gasteiger partial charge in [-0.25, -0.2) is 4.98 Å². The molecule has 0 fully saturated rings. The average molecular weight is 437 g/mol. The van der Waals surface area contributed by atoms with E-state index >= 15 is 0 Å². The highest BCUT2D eigenvalue weighted by atomic mass is 16.5. The third-order valence-corrected chi connectivity index (χ3v) is 5.81. The number of phenols is 2. The van der Waals surface area contributed by atoms with Crippen molar-refractivity contribution in [2.24, 2.45) is 5.92 Å². The van der Waals surface area contributed by atoms with Crippen molar-refractivity contribution in [2.45, 2.75) is 39.2 Å². The first-order valence-corrected chi connectivity index (χ1v) is 10.9. The van der Waals surface area contributed by atoms with E-state index in [9.17, 15) is 19.8 Å². The molecule has 32 heavy (non-hydrogen) atoms. The molecule has 4 rings (SSSR count). The molecule has 0 spiro atoms. The molecule has 2 heterocycles. The molecule has 2 aromatic carbocycles. The molecule has 8 nitrogen and oxygen atoms in total. The maximum atomic E-state index is 13.7. The standard InChI is InChI=1S/C24H27N3O5/c1-3-5-8-13-26-22(30)20(23(31)32-4-2)21(15-11-12-18(28)19(29)14-15)27-17-10-7-6-9-16(17)25-24(26)27/h6-7,9-12,14,20-21,28-29H,3-5,8,13H2,1-2H3/t20-,21-/m0/s1. The Morgan fingerprint density at radius 1 is 1.09 bits per heavy atom. The molecule has 0 radical (unpaired) electrons. The molecule has 0 bridgehead atoms. The van der Waals surface area contributed by atoms with Gasteiger partial charge in [0.15, 0.2) is 17.4 Å². The lowest BCUT2D eigenvalue weighted by molar-refractivity contribution is -0.153. The van der Waals surface area contributed by atoms with Crippen molar-refractivity contribution in [3.05, 3.63) is 48.0 Å². The molecule has 1 aliphatic heterocycles. The fraction of sp³-hybridized carbons (Fsp3) is 0.375. The Kier molecular flexibility index (Phi) is 6.03. The van der Waals surface area contributed by atoms with Crippen LogP contribution in [0.1, 0.15) is 44.7 Å².